The molecule has 0 spiro atoms. The summed E-state index contributed by atoms with van der Waals surface area (Å²) in [5, 5.41) is 9.16. The van der Waals surface area contributed by atoms with Crippen molar-refractivity contribution in [1.29, 1.82) is 5.26 Å². The molecule has 0 N–H and O–H groups in total. The van der Waals surface area contributed by atoms with Crippen LogP contribution in [-0.2, 0) is 6.18 Å². The quantitative estimate of drug-likeness (QED) is 0.808. The van der Waals surface area contributed by atoms with Crippen LogP contribution in [0.15, 0.2) is 24.3 Å². The van der Waals surface area contributed by atoms with Gasteiger partial charge in [0.05, 0.1) is 11.6 Å². The van der Waals surface area contributed by atoms with Crippen LogP contribution in [0.1, 0.15) is 36.9 Å². The molecular formula is C14H17F3N2. The SMILES string of the molecule is CCCCN(C)C(C#N)c1ccc(C(F)(F)F)cc1. The summed E-state index contributed by atoms with van der Waals surface area (Å²) < 4.78 is 37.4. The molecule has 1 aromatic rings. The van der Waals surface area contributed by atoms with Gasteiger partial charge in [0.2, 0.25) is 0 Å². The van der Waals surface area contributed by atoms with Crippen LogP contribution in [0.25, 0.3) is 0 Å². The van der Waals surface area contributed by atoms with Crippen LogP contribution in [0, 0.1) is 11.3 Å². The standard InChI is InChI=1S/C14H17F3N2/c1-3-4-9-19(2)13(10-18)11-5-7-12(8-6-11)14(15,16)17/h5-8,13H,3-4,9H2,1-2H3. The van der Waals surface area contributed by atoms with Crippen molar-refractivity contribution in [3.63, 3.8) is 0 Å². The second-order valence-electron chi connectivity index (χ2n) is 4.49. The van der Waals surface area contributed by atoms with Gasteiger partial charge in [-0.05, 0) is 37.7 Å². The summed E-state index contributed by atoms with van der Waals surface area (Å²) in [4.78, 5) is 1.85. The van der Waals surface area contributed by atoms with Crippen molar-refractivity contribution in [2.24, 2.45) is 0 Å². The summed E-state index contributed by atoms with van der Waals surface area (Å²) in [5.41, 5.74) is -0.0988. The number of rotatable bonds is 5. The van der Waals surface area contributed by atoms with Gasteiger partial charge in [0.1, 0.15) is 6.04 Å². The maximum Gasteiger partial charge on any atom is 0.416 e. The van der Waals surface area contributed by atoms with E-state index in [2.05, 4.69) is 6.07 Å². The average molecular weight is 270 g/mol. The molecule has 19 heavy (non-hydrogen) atoms. The molecule has 0 heterocycles. The van der Waals surface area contributed by atoms with Gasteiger partial charge in [-0.1, -0.05) is 25.5 Å². The lowest BCUT2D eigenvalue weighted by atomic mass is 10.0. The Kier molecular flexibility index (Phi) is 5.37. The van der Waals surface area contributed by atoms with Gasteiger partial charge in [-0.15, -0.1) is 0 Å². The zero-order valence-corrected chi connectivity index (χ0v) is 11.0. The molecule has 0 saturated heterocycles. The molecule has 0 fully saturated rings. The van der Waals surface area contributed by atoms with Crippen molar-refractivity contribution < 1.29 is 13.2 Å². The normalized spacial score (nSPS) is 13.3. The minimum absolute atomic E-state index is 0.506. The van der Waals surface area contributed by atoms with Gasteiger partial charge >= 0.3 is 6.18 Å². The Morgan fingerprint density at radius 2 is 1.84 bits per heavy atom. The molecule has 2 nitrogen and oxygen atoms in total. The summed E-state index contributed by atoms with van der Waals surface area (Å²) >= 11 is 0. The predicted octanol–water partition coefficient (Wildman–Crippen LogP) is 4.00. The Bertz CT molecular complexity index is 431. The Morgan fingerprint density at radius 1 is 1.26 bits per heavy atom. The minimum Gasteiger partial charge on any atom is -0.287 e. The Balaban J connectivity index is 2.86. The number of hydrogen-bond donors (Lipinski definition) is 0. The summed E-state index contributed by atoms with van der Waals surface area (Å²) in [6.07, 6.45) is -2.38. The van der Waals surface area contributed by atoms with Gasteiger partial charge in [-0.25, -0.2) is 0 Å². The molecule has 0 saturated carbocycles. The maximum absolute atomic E-state index is 12.5. The number of benzene rings is 1. The molecule has 0 bridgehead atoms. The topological polar surface area (TPSA) is 27.0 Å². The van der Waals surface area contributed by atoms with Crippen LogP contribution in [0.3, 0.4) is 0 Å². The molecule has 0 amide bonds. The number of halogens is 3. The highest BCUT2D eigenvalue weighted by Crippen LogP contribution is 2.30. The second kappa shape index (κ2) is 6.58. The third kappa shape index (κ3) is 4.25. The monoisotopic (exact) mass is 270 g/mol. The van der Waals surface area contributed by atoms with Gasteiger partial charge in [-0.3, -0.25) is 4.90 Å². The van der Waals surface area contributed by atoms with Crippen LogP contribution < -0.4 is 0 Å². The molecule has 1 atom stereocenters. The molecule has 1 rings (SSSR count). The Hall–Kier alpha value is -1.54. The lowest BCUT2D eigenvalue weighted by Gasteiger charge is -2.22. The highest BCUT2D eigenvalue weighted by atomic mass is 19.4. The summed E-state index contributed by atoms with van der Waals surface area (Å²) in [7, 11) is 1.81. The first-order valence-electron chi connectivity index (χ1n) is 6.17. The fraction of sp³-hybridized carbons (Fsp3) is 0.500. The van der Waals surface area contributed by atoms with Gasteiger partial charge in [0, 0.05) is 0 Å². The van der Waals surface area contributed by atoms with E-state index in [1.54, 1.807) is 7.05 Å². The van der Waals surface area contributed by atoms with Gasteiger partial charge in [-0.2, -0.15) is 18.4 Å². The van der Waals surface area contributed by atoms with E-state index in [4.69, 9.17) is 5.26 Å². The van der Waals surface area contributed by atoms with Gasteiger partial charge in [0.25, 0.3) is 0 Å². The van der Waals surface area contributed by atoms with E-state index < -0.39 is 17.8 Å². The number of hydrogen-bond acceptors (Lipinski definition) is 2. The van der Waals surface area contributed by atoms with E-state index in [0.29, 0.717) is 5.56 Å². The maximum atomic E-state index is 12.5. The lowest BCUT2D eigenvalue weighted by Crippen LogP contribution is -2.24. The molecule has 0 aliphatic carbocycles. The smallest absolute Gasteiger partial charge is 0.287 e. The third-order valence-corrected chi connectivity index (χ3v) is 2.98. The first kappa shape index (κ1) is 15.5. The molecule has 1 aromatic carbocycles. The van der Waals surface area contributed by atoms with Gasteiger partial charge < -0.3 is 0 Å². The second-order valence-corrected chi connectivity index (χ2v) is 4.49. The van der Waals surface area contributed by atoms with E-state index in [1.165, 1.54) is 12.1 Å². The molecule has 0 radical (unpaired) electrons. The first-order chi connectivity index (χ1) is 8.90. The molecule has 104 valence electrons. The molecule has 0 aromatic heterocycles. The minimum atomic E-state index is -4.34. The highest BCUT2D eigenvalue weighted by Gasteiger charge is 2.30. The van der Waals surface area contributed by atoms with Crippen molar-refractivity contribution in [2.75, 3.05) is 13.6 Å². The van der Waals surface area contributed by atoms with Crippen LogP contribution in [-0.4, -0.2) is 18.5 Å². The predicted molar refractivity (Wildman–Crippen MR) is 67.3 cm³/mol. The molecule has 0 aliphatic rings. The number of alkyl halides is 3. The van der Waals surface area contributed by atoms with Crippen molar-refractivity contribution >= 4 is 0 Å². The largest absolute Gasteiger partial charge is 0.416 e. The fourth-order valence-corrected chi connectivity index (χ4v) is 1.82. The number of nitriles is 1. The van der Waals surface area contributed by atoms with Crippen LogP contribution in [0.2, 0.25) is 0 Å². The summed E-state index contributed by atoms with van der Waals surface area (Å²) in [6, 6.07) is 6.41. The summed E-state index contributed by atoms with van der Waals surface area (Å²) in [6.45, 7) is 2.79. The van der Waals surface area contributed by atoms with Crippen molar-refractivity contribution in [2.45, 2.75) is 32.0 Å². The first-order valence-corrected chi connectivity index (χ1v) is 6.17. The van der Waals surface area contributed by atoms with Crippen molar-refractivity contribution in [1.82, 2.24) is 4.90 Å². The Labute approximate surface area is 111 Å². The van der Waals surface area contributed by atoms with Crippen molar-refractivity contribution in [3.05, 3.63) is 35.4 Å². The molecule has 0 aliphatic heterocycles. The average Bonchev–Trinajstić information content (AvgIpc) is 2.37. The number of nitrogens with zero attached hydrogens (tertiary/aromatic N) is 2. The van der Waals surface area contributed by atoms with Crippen LogP contribution >= 0.6 is 0 Å². The molecule has 5 heteroatoms. The van der Waals surface area contributed by atoms with E-state index in [-0.39, 0.29) is 0 Å². The van der Waals surface area contributed by atoms with E-state index in [9.17, 15) is 13.2 Å². The van der Waals surface area contributed by atoms with Crippen molar-refractivity contribution in [3.8, 4) is 6.07 Å². The van der Waals surface area contributed by atoms with Gasteiger partial charge in [0.15, 0.2) is 0 Å². The highest BCUT2D eigenvalue weighted by molar-refractivity contribution is 5.29. The van der Waals surface area contributed by atoms with E-state index >= 15 is 0 Å². The lowest BCUT2D eigenvalue weighted by molar-refractivity contribution is -0.137. The summed E-state index contributed by atoms with van der Waals surface area (Å²) in [5.74, 6) is 0. The third-order valence-electron chi connectivity index (χ3n) is 2.98. The van der Waals surface area contributed by atoms with Crippen LogP contribution in [0.4, 0.5) is 13.2 Å². The zero-order valence-electron chi connectivity index (χ0n) is 11.0. The number of unbranched alkanes of at least 4 members (excludes halogenated alkanes) is 1. The molecular weight excluding hydrogens is 253 g/mol. The van der Waals surface area contributed by atoms with Crippen LogP contribution in [0.5, 0.6) is 0 Å². The van der Waals surface area contributed by atoms with E-state index in [1.807, 2.05) is 11.8 Å². The Morgan fingerprint density at radius 3 is 2.26 bits per heavy atom. The molecule has 1 unspecified atom stereocenters. The van der Waals surface area contributed by atoms with E-state index in [0.717, 1.165) is 31.5 Å². The zero-order chi connectivity index (χ0) is 14.5. The fourth-order valence-electron chi connectivity index (χ4n) is 1.82.